The SMILES string of the molecule is CCOC(=O)[CH-]c1ccccc1.[Zn+][Br]. The van der Waals surface area contributed by atoms with Crippen LogP contribution in [0.5, 0.6) is 0 Å². The van der Waals surface area contributed by atoms with Gasteiger partial charge >= 0.3 is 30.0 Å². The van der Waals surface area contributed by atoms with Crippen LogP contribution in [0.15, 0.2) is 30.3 Å². The van der Waals surface area contributed by atoms with E-state index in [0.29, 0.717) is 6.61 Å². The van der Waals surface area contributed by atoms with E-state index in [-0.39, 0.29) is 5.97 Å². The summed E-state index contributed by atoms with van der Waals surface area (Å²) in [6.07, 6.45) is 1.48. The number of rotatable bonds is 3. The third-order valence-corrected chi connectivity index (χ3v) is 1.37. The van der Waals surface area contributed by atoms with Gasteiger partial charge in [-0.05, 0) is 6.92 Å². The van der Waals surface area contributed by atoms with Crippen molar-refractivity contribution in [3.63, 3.8) is 0 Å². The average molecular weight is 308 g/mol. The monoisotopic (exact) mass is 306 g/mol. The van der Waals surface area contributed by atoms with Crippen molar-refractivity contribution in [2.24, 2.45) is 0 Å². The molecule has 72 valence electrons. The third kappa shape index (κ3) is 6.17. The van der Waals surface area contributed by atoms with Crippen molar-refractivity contribution >= 4 is 19.6 Å². The van der Waals surface area contributed by atoms with Gasteiger partial charge < -0.3 is 4.74 Å². The van der Waals surface area contributed by atoms with Gasteiger partial charge in [-0.2, -0.15) is 17.7 Å². The Morgan fingerprint density at radius 1 is 1.43 bits per heavy atom. The Bertz CT molecular complexity index is 252. The molecule has 0 saturated carbocycles. The van der Waals surface area contributed by atoms with Gasteiger partial charge in [0.05, 0.1) is 6.61 Å². The first kappa shape index (κ1) is 13.7. The number of carbonyl (C=O) groups excluding carboxylic acids is 1. The van der Waals surface area contributed by atoms with Crippen LogP contribution in [-0.4, -0.2) is 12.6 Å². The van der Waals surface area contributed by atoms with Gasteiger partial charge in [0.15, 0.2) is 0 Å². The molecule has 14 heavy (non-hydrogen) atoms. The minimum absolute atomic E-state index is 0.288. The molecule has 0 bridgehead atoms. The number of carbonyl (C=O) groups is 1. The summed E-state index contributed by atoms with van der Waals surface area (Å²) in [5.74, 6) is -0.288. The van der Waals surface area contributed by atoms with Crippen LogP contribution in [0.25, 0.3) is 0 Å². The van der Waals surface area contributed by atoms with Crippen LogP contribution in [0, 0.1) is 6.42 Å². The average Bonchev–Trinajstić information content (AvgIpc) is 2.22. The predicted octanol–water partition coefficient (Wildman–Crippen LogP) is 2.65. The van der Waals surface area contributed by atoms with Crippen molar-refractivity contribution < 1.29 is 25.9 Å². The molecule has 0 atom stereocenters. The molecular weight excluding hydrogens is 297 g/mol. The molecule has 0 amide bonds. The van der Waals surface area contributed by atoms with Crippen LogP contribution >= 0.6 is 13.6 Å². The van der Waals surface area contributed by atoms with Crippen molar-refractivity contribution in [3.8, 4) is 0 Å². The van der Waals surface area contributed by atoms with Crippen LogP contribution in [-0.2, 0) is 25.9 Å². The van der Waals surface area contributed by atoms with E-state index >= 15 is 0 Å². The molecule has 0 aliphatic heterocycles. The number of esters is 1. The van der Waals surface area contributed by atoms with E-state index in [4.69, 9.17) is 4.74 Å². The van der Waals surface area contributed by atoms with Gasteiger partial charge in [0, 0.05) is 0 Å². The zero-order valence-electron chi connectivity index (χ0n) is 8.07. The van der Waals surface area contributed by atoms with Gasteiger partial charge in [0.25, 0.3) is 5.97 Å². The molecule has 0 heterocycles. The van der Waals surface area contributed by atoms with Crippen molar-refractivity contribution in [2.75, 3.05) is 6.61 Å². The van der Waals surface area contributed by atoms with Gasteiger partial charge in [0.2, 0.25) is 0 Å². The Kier molecular flexibility index (Phi) is 9.01. The third-order valence-electron chi connectivity index (χ3n) is 1.37. The zero-order chi connectivity index (χ0) is 10.8. The van der Waals surface area contributed by atoms with Crippen LogP contribution in [0.4, 0.5) is 0 Å². The van der Waals surface area contributed by atoms with Gasteiger partial charge in [-0.25, -0.2) is 0 Å². The van der Waals surface area contributed by atoms with Crippen molar-refractivity contribution in [1.29, 1.82) is 0 Å². The molecule has 0 N–H and O–H groups in total. The van der Waals surface area contributed by atoms with E-state index in [1.807, 2.05) is 30.3 Å². The summed E-state index contributed by atoms with van der Waals surface area (Å²) >= 11 is 4.25. The Morgan fingerprint density at radius 3 is 2.50 bits per heavy atom. The summed E-state index contributed by atoms with van der Waals surface area (Å²) in [6.45, 7) is 2.21. The molecule has 2 nitrogen and oxygen atoms in total. The molecule has 1 aromatic carbocycles. The summed E-state index contributed by atoms with van der Waals surface area (Å²) in [5.41, 5.74) is 0.871. The van der Waals surface area contributed by atoms with Gasteiger partial charge in [-0.15, -0.1) is 12.1 Å². The summed E-state index contributed by atoms with van der Waals surface area (Å²) in [5, 5.41) is 0. The summed E-state index contributed by atoms with van der Waals surface area (Å²) < 4.78 is 4.75. The molecule has 0 saturated heterocycles. The molecule has 0 unspecified atom stereocenters. The van der Waals surface area contributed by atoms with E-state index in [0.717, 1.165) is 5.56 Å². The molecule has 0 aliphatic carbocycles. The van der Waals surface area contributed by atoms with Gasteiger partial charge in [-0.3, -0.25) is 4.79 Å². The fourth-order valence-electron chi connectivity index (χ4n) is 0.869. The Labute approximate surface area is 101 Å². The second kappa shape index (κ2) is 9.23. The van der Waals surface area contributed by atoms with E-state index in [1.54, 1.807) is 6.92 Å². The fraction of sp³-hybridized carbons (Fsp3) is 0.200. The van der Waals surface area contributed by atoms with E-state index in [9.17, 15) is 4.79 Å². The summed E-state index contributed by atoms with van der Waals surface area (Å²) in [7, 11) is 0. The topological polar surface area (TPSA) is 26.3 Å². The fourth-order valence-corrected chi connectivity index (χ4v) is 0.869. The van der Waals surface area contributed by atoms with E-state index < -0.39 is 0 Å². The molecule has 1 rings (SSSR count). The van der Waals surface area contributed by atoms with Crippen molar-refractivity contribution in [1.82, 2.24) is 0 Å². The second-order valence-electron chi connectivity index (χ2n) is 2.31. The number of ether oxygens (including phenoxy) is 1. The van der Waals surface area contributed by atoms with E-state index in [1.165, 1.54) is 22.8 Å². The first-order chi connectivity index (χ1) is 6.83. The zero-order valence-corrected chi connectivity index (χ0v) is 12.6. The van der Waals surface area contributed by atoms with Crippen LogP contribution in [0.2, 0.25) is 0 Å². The molecule has 4 heteroatoms. The van der Waals surface area contributed by atoms with Gasteiger partial charge in [-0.1, -0.05) is 12.5 Å². The number of benzene rings is 1. The number of halogens is 1. The standard InChI is InChI=1S/C10H11O2.BrH.Zn/c1-2-12-10(11)8-9-6-4-3-5-7-9;;/h3-8H,2H2,1H3;1H;/q-1;;+2/p-1. The molecule has 0 fully saturated rings. The first-order valence-corrected chi connectivity index (χ1v) is 11.1. The van der Waals surface area contributed by atoms with E-state index in [2.05, 4.69) is 13.6 Å². The molecule has 0 spiro atoms. The van der Waals surface area contributed by atoms with Crippen LogP contribution in [0.3, 0.4) is 0 Å². The quantitative estimate of drug-likeness (QED) is 0.487. The summed E-state index contributed by atoms with van der Waals surface area (Å²) in [6, 6.07) is 9.38. The molecule has 0 aliphatic rings. The minimum atomic E-state index is -0.288. The predicted molar refractivity (Wildman–Crippen MR) is 55.4 cm³/mol. The molecular formula is C10H11BrO2Zn. The first-order valence-electron chi connectivity index (χ1n) is 4.16. The summed E-state index contributed by atoms with van der Waals surface area (Å²) in [4.78, 5) is 10.9. The Morgan fingerprint density at radius 2 is 2.00 bits per heavy atom. The Hall–Kier alpha value is -0.337. The number of hydrogen-bond donors (Lipinski definition) is 0. The normalized spacial score (nSPS) is 8.29. The maximum atomic E-state index is 10.9. The van der Waals surface area contributed by atoms with Crippen molar-refractivity contribution in [2.45, 2.75) is 6.92 Å². The van der Waals surface area contributed by atoms with Crippen molar-refractivity contribution in [3.05, 3.63) is 42.3 Å². The van der Waals surface area contributed by atoms with Crippen LogP contribution in [0.1, 0.15) is 12.5 Å². The maximum absolute atomic E-state index is 10.9. The molecule has 0 radical (unpaired) electrons. The van der Waals surface area contributed by atoms with Crippen LogP contribution < -0.4 is 0 Å². The number of hydrogen-bond acceptors (Lipinski definition) is 2. The van der Waals surface area contributed by atoms with Gasteiger partial charge in [0.1, 0.15) is 0 Å². The molecule has 1 aromatic rings. The second-order valence-corrected chi connectivity index (χ2v) is 2.31. The molecule has 0 aromatic heterocycles. The Balaban J connectivity index is 0.000000791.